The number of rotatable bonds is 4. The Labute approximate surface area is 118 Å². The zero-order valence-corrected chi connectivity index (χ0v) is 11.5. The maximum Gasteiger partial charge on any atom is 0.138 e. The number of aryl methyl sites for hydroxylation is 2. The highest BCUT2D eigenvalue weighted by Crippen LogP contribution is 2.23. The van der Waals surface area contributed by atoms with Crippen LogP contribution in [0.4, 0.5) is 0 Å². The summed E-state index contributed by atoms with van der Waals surface area (Å²) in [7, 11) is 0. The van der Waals surface area contributed by atoms with Crippen molar-refractivity contribution < 1.29 is 4.74 Å². The monoisotopic (exact) mass is 273 g/mol. The first-order valence-electron chi connectivity index (χ1n) is 6.59. The molecule has 0 N–H and O–H groups in total. The van der Waals surface area contributed by atoms with Crippen molar-refractivity contribution in [1.29, 1.82) is 0 Å². The molecule has 1 aromatic carbocycles. The molecule has 0 unspecified atom stereocenters. The molecule has 0 spiro atoms. The van der Waals surface area contributed by atoms with E-state index < -0.39 is 0 Å². The SMILES string of the molecule is ClCc1ccc(OCc2ccc3c(c2)CCC3)cn1. The van der Waals surface area contributed by atoms with Gasteiger partial charge in [-0.15, -0.1) is 11.6 Å². The lowest BCUT2D eigenvalue weighted by molar-refractivity contribution is 0.304. The van der Waals surface area contributed by atoms with Crippen LogP contribution >= 0.6 is 11.6 Å². The predicted molar refractivity (Wildman–Crippen MR) is 76.6 cm³/mol. The lowest BCUT2D eigenvalue weighted by Gasteiger charge is -2.08. The Morgan fingerprint density at radius 3 is 2.79 bits per heavy atom. The predicted octanol–water partition coefficient (Wildman–Crippen LogP) is 3.89. The number of halogens is 1. The molecule has 0 atom stereocenters. The van der Waals surface area contributed by atoms with Crippen LogP contribution in [0.1, 0.15) is 28.8 Å². The summed E-state index contributed by atoms with van der Waals surface area (Å²) in [5.41, 5.74) is 5.07. The number of hydrogen-bond donors (Lipinski definition) is 0. The Morgan fingerprint density at radius 2 is 2.00 bits per heavy atom. The van der Waals surface area contributed by atoms with E-state index in [1.54, 1.807) is 6.20 Å². The van der Waals surface area contributed by atoms with E-state index in [0.717, 1.165) is 11.4 Å². The fraction of sp³-hybridized carbons (Fsp3) is 0.312. The molecule has 0 bridgehead atoms. The number of nitrogens with zero attached hydrogens (tertiary/aromatic N) is 1. The molecule has 0 saturated heterocycles. The Morgan fingerprint density at radius 1 is 1.11 bits per heavy atom. The fourth-order valence-corrected chi connectivity index (χ4v) is 2.62. The lowest BCUT2D eigenvalue weighted by atomic mass is 10.1. The van der Waals surface area contributed by atoms with Gasteiger partial charge in [0.05, 0.1) is 17.8 Å². The minimum atomic E-state index is 0.436. The summed E-state index contributed by atoms with van der Waals surface area (Å²) in [6, 6.07) is 10.5. The van der Waals surface area contributed by atoms with E-state index in [4.69, 9.17) is 16.3 Å². The van der Waals surface area contributed by atoms with Gasteiger partial charge in [0.25, 0.3) is 0 Å². The zero-order chi connectivity index (χ0) is 13.1. The van der Waals surface area contributed by atoms with E-state index in [1.165, 1.54) is 36.0 Å². The number of ether oxygens (including phenoxy) is 1. The van der Waals surface area contributed by atoms with Crippen LogP contribution in [0, 0.1) is 0 Å². The first kappa shape index (κ1) is 12.5. The molecular weight excluding hydrogens is 258 g/mol. The molecule has 1 aliphatic carbocycles. The van der Waals surface area contributed by atoms with Gasteiger partial charge in [-0.3, -0.25) is 4.98 Å². The van der Waals surface area contributed by atoms with Gasteiger partial charge in [0.1, 0.15) is 12.4 Å². The van der Waals surface area contributed by atoms with Crippen LogP contribution in [0.15, 0.2) is 36.5 Å². The largest absolute Gasteiger partial charge is 0.487 e. The quantitative estimate of drug-likeness (QED) is 0.789. The van der Waals surface area contributed by atoms with Crippen LogP contribution in [-0.2, 0) is 25.3 Å². The van der Waals surface area contributed by atoms with Gasteiger partial charge in [0.15, 0.2) is 0 Å². The molecule has 1 aliphatic rings. The van der Waals surface area contributed by atoms with Crippen molar-refractivity contribution in [3.05, 3.63) is 58.9 Å². The van der Waals surface area contributed by atoms with E-state index >= 15 is 0 Å². The molecule has 0 fully saturated rings. The molecule has 3 heteroatoms. The van der Waals surface area contributed by atoms with Crippen molar-refractivity contribution in [2.75, 3.05) is 0 Å². The Balaban J connectivity index is 1.65. The second-order valence-electron chi connectivity index (χ2n) is 4.86. The zero-order valence-electron chi connectivity index (χ0n) is 10.7. The third kappa shape index (κ3) is 2.90. The van der Waals surface area contributed by atoms with E-state index in [-0.39, 0.29) is 0 Å². The highest BCUT2D eigenvalue weighted by Gasteiger charge is 2.10. The van der Waals surface area contributed by atoms with Gasteiger partial charge in [0.2, 0.25) is 0 Å². The number of alkyl halides is 1. The van der Waals surface area contributed by atoms with Crippen LogP contribution < -0.4 is 4.74 Å². The Kier molecular flexibility index (Phi) is 3.69. The molecule has 1 aromatic heterocycles. The highest BCUT2D eigenvalue weighted by atomic mass is 35.5. The molecule has 0 amide bonds. The fourth-order valence-electron chi connectivity index (χ4n) is 2.46. The van der Waals surface area contributed by atoms with Gasteiger partial charge in [0, 0.05) is 0 Å². The standard InChI is InChI=1S/C16H16ClNO/c17-9-15-6-7-16(10-18-15)19-11-12-4-5-13-2-1-3-14(13)8-12/h4-8,10H,1-3,9,11H2. The van der Waals surface area contributed by atoms with E-state index in [1.807, 2.05) is 12.1 Å². The lowest BCUT2D eigenvalue weighted by Crippen LogP contribution is -1.97. The number of aromatic nitrogens is 1. The number of benzene rings is 1. The minimum absolute atomic E-state index is 0.436. The minimum Gasteiger partial charge on any atom is -0.487 e. The van der Waals surface area contributed by atoms with Crippen molar-refractivity contribution in [2.45, 2.75) is 31.7 Å². The van der Waals surface area contributed by atoms with Crippen LogP contribution in [-0.4, -0.2) is 4.98 Å². The summed E-state index contributed by atoms with van der Waals surface area (Å²) in [5.74, 6) is 1.22. The first-order valence-corrected chi connectivity index (χ1v) is 7.13. The van der Waals surface area contributed by atoms with Crippen LogP contribution in [0.25, 0.3) is 0 Å². The summed E-state index contributed by atoms with van der Waals surface area (Å²) in [5, 5.41) is 0. The third-order valence-electron chi connectivity index (χ3n) is 3.50. The van der Waals surface area contributed by atoms with E-state index in [2.05, 4.69) is 23.2 Å². The first-order chi connectivity index (χ1) is 9.35. The third-order valence-corrected chi connectivity index (χ3v) is 3.78. The molecule has 3 rings (SSSR count). The highest BCUT2D eigenvalue weighted by molar-refractivity contribution is 6.16. The van der Waals surface area contributed by atoms with E-state index in [9.17, 15) is 0 Å². The summed E-state index contributed by atoms with van der Waals surface area (Å²) >= 11 is 5.70. The normalized spacial score (nSPS) is 13.3. The second-order valence-corrected chi connectivity index (χ2v) is 5.13. The molecule has 2 aromatic rings. The molecule has 19 heavy (non-hydrogen) atoms. The summed E-state index contributed by atoms with van der Waals surface area (Å²) < 4.78 is 5.75. The Hall–Kier alpha value is -1.54. The average molecular weight is 274 g/mol. The van der Waals surface area contributed by atoms with Crippen molar-refractivity contribution in [2.24, 2.45) is 0 Å². The second kappa shape index (κ2) is 5.62. The number of hydrogen-bond acceptors (Lipinski definition) is 2. The maximum absolute atomic E-state index is 5.75. The summed E-state index contributed by atoms with van der Waals surface area (Å²) in [4.78, 5) is 4.21. The van der Waals surface area contributed by atoms with Crippen LogP contribution in [0.3, 0.4) is 0 Å². The molecule has 1 heterocycles. The number of pyridine rings is 1. The van der Waals surface area contributed by atoms with Crippen molar-refractivity contribution in [3.63, 3.8) is 0 Å². The van der Waals surface area contributed by atoms with Crippen LogP contribution in [0.5, 0.6) is 5.75 Å². The molecule has 98 valence electrons. The van der Waals surface area contributed by atoms with Gasteiger partial charge >= 0.3 is 0 Å². The van der Waals surface area contributed by atoms with Crippen molar-refractivity contribution in [1.82, 2.24) is 4.98 Å². The molecule has 0 saturated carbocycles. The van der Waals surface area contributed by atoms with Crippen molar-refractivity contribution in [3.8, 4) is 5.75 Å². The summed E-state index contributed by atoms with van der Waals surface area (Å²) in [6.45, 7) is 0.592. The topological polar surface area (TPSA) is 22.1 Å². The van der Waals surface area contributed by atoms with Gasteiger partial charge in [-0.05, 0) is 48.1 Å². The van der Waals surface area contributed by atoms with E-state index in [0.29, 0.717) is 12.5 Å². The Bertz CT molecular complexity index is 565. The van der Waals surface area contributed by atoms with Crippen LogP contribution in [0.2, 0.25) is 0 Å². The average Bonchev–Trinajstić information content (AvgIpc) is 2.93. The molecular formula is C16H16ClNO. The molecule has 0 radical (unpaired) electrons. The van der Waals surface area contributed by atoms with Gasteiger partial charge in [-0.1, -0.05) is 18.2 Å². The van der Waals surface area contributed by atoms with Crippen molar-refractivity contribution >= 4 is 11.6 Å². The van der Waals surface area contributed by atoms with Gasteiger partial charge < -0.3 is 4.74 Å². The van der Waals surface area contributed by atoms with Gasteiger partial charge in [-0.2, -0.15) is 0 Å². The van der Waals surface area contributed by atoms with Gasteiger partial charge in [-0.25, -0.2) is 0 Å². The number of fused-ring (bicyclic) bond motifs is 1. The molecule has 0 aliphatic heterocycles. The molecule has 2 nitrogen and oxygen atoms in total. The summed E-state index contributed by atoms with van der Waals surface area (Å²) in [6.07, 6.45) is 5.43. The maximum atomic E-state index is 5.75. The smallest absolute Gasteiger partial charge is 0.138 e.